The molecule has 1 aromatic carbocycles. The van der Waals surface area contributed by atoms with Crippen LogP contribution in [0.5, 0.6) is 5.75 Å². The largest absolute Gasteiger partial charge is 0.484 e. The molecule has 1 rings (SSSR count). The predicted octanol–water partition coefficient (Wildman–Crippen LogP) is 2.11. The summed E-state index contributed by atoms with van der Waals surface area (Å²) in [7, 11) is 0. The third-order valence-corrected chi connectivity index (χ3v) is 3.05. The van der Waals surface area contributed by atoms with Crippen molar-refractivity contribution in [3.63, 3.8) is 0 Å². The van der Waals surface area contributed by atoms with Gasteiger partial charge >= 0.3 is 0 Å². The summed E-state index contributed by atoms with van der Waals surface area (Å²) < 4.78 is 6.32. The molecule has 1 unspecified atom stereocenters. The maximum Gasteiger partial charge on any atom is 0.258 e. The molecular formula is C13H18BrNO3. The molecule has 1 atom stereocenters. The SMILES string of the molecule is CCC(CCO)NC(=O)COc1ccc(Br)cc1. The summed E-state index contributed by atoms with van der Waals surface area (Å²) in [5, 5.41) is 11.6. The zero-order chi connectivity index (χ0) is 13.4. The monoisotopic (exact) mass is 315 g/mol. The minimum atomic E-state index is -0.168. The number of hydrogen-bond acceptors (Lipinski definition) is 3. The van der Waals surface area contributed by atoms with E-state index in [0.29, 0.717) is 12.2 Å². The van der Waals surface area contributed by atoms with Gasteiger partial charge in [-0.15, -0.1) is 0 Å². The lowest BCUT2D eigenvalue weighted by atomic mass is 10.1. The van der Waals surface area contributed by atoms with Crippen LogP contribution in [0.4, 0.5) is 0 Å². The molecule has 4 nitrogen and oxygen atoms in total. The van der Waals surface area contributed by atoms with Gasteiger partial charge in [0.25, 0.3) is 5.91 Å². The summed E-state index contributed by atoms with van der Waals surface area (Å²) in [6.45, 7) is 2.03. The van der Waals surface area contributed by atoms with Crippen molar-refractivity contribution < 1.29 is 14.6 Å². The number of rotatable bonds is 7. The van der Waals surface area contributed by atoms with Crippen molar-refractivity contribution in [1.82, 2.24) is 5.32 Å². The van der Waals surface area contributed by atoms with Gasteiger partial charge in [-0.1, -0.05) is 22.9 Å². The topological polar surface area (TPSA) is 58.6 Å². The van der Waals surface area contributed by atoms with Crippen molar-refractivity contribution in [2.45, 2.75) is 25.8 Å². The van der Waals surface area contributed by atoms with Crippen LogP contribution in [0.15, 0.2) is 28.7 Å². The van der Waals surface area contributed by atoms with Crippen molar-refractivity contribution in [2.24, 2.45) is 0 Å². The molecule has 0 aliphatic carbocycles. The molecule has 2 N–H and O–H groups in total. The minimum Gasteiger partial charge on any atom is -0.484 e. The molecule has 0 saturated carbocycles. The second-order valence-corrected chi connectivity index (χ2v) is 4.84. The molecule has 0 radical (unpaired) electrons. The second kappa shape index (κ2) is 8.11. The molecule has 100 valence electrons. The third kappa shape index (κ3) is 5.51. The number of carbonyl (C=O) groups is 1. The van der Waals surface area contributed by atoms with Crippen molar-refractivity contribution in [2.75, 3.05) is 13.2 Å². The quantitative estimate of drug-likeness (QED) is 0.810. The van der Waals surface area contributed by atoms with Crippen molar-refractivity contribution in [3.8, 4) is 5.75 Å². The van der Waals surface area contributed by atoms with Gasteiger partial charge in [-0.2, -0.15) is 0 Å². The lowest BCUT2D eigenvalue weighted by Gasteiger charge is -2.15. The van der Waals surface area contributed by atoms with Crippen LogP contribution < -0.4 is 10.1 Å². The van der Waals surface area contributed by atoms with E-state index in [9.17, 15) is 4.79 Å². The van der Waals surface area contributed by atoms with E-state index in [0.717, 1.165) is 10.9 Å². The van der Waals surface area contributed by atoms with Gasteiger partial charge in [0.05, 0.1) is 0 Å². The number of benzene rings is 1. The first kappa shape index (κ1) is 15.0. The van der Waals surface area contributed by atoms with E-state index < -0.39 is 0 Å². The first-order chi connectivity index (χ1) is 8.65. The molecular weight excluding hydrogens is 298 g/mol. The average Bonchev–Trinajstić information content (AvgIpc) is 2.37. The minimum absolute atomic E-state index is 0.0102. The van der Waals surface area contributed by atoms with E-state index >= 15 is 0 Å². The molecule has 1 aromatic rings. The van der Waals surface area contributed by atoms with E-state index in [1.807, 2.05) is 19.1 Å². The molecule has 5 heteroatoms. The van der Waals surface area contributed by atoms with Gasteiger partial charge < -0.3 is 15.2 Å². The lowest BCUT2D eigenvalue weighted by Crippen LogP contribution is -2.38. The van der Waals surface area contributed by atoms with Crippen molar-refractivity contribution >= 4 is 21.8 Å². The molecule has 0 bridgehead atoms. The number of nitrogens with one attached hydrogen (secondary N) is 1. The van der Waals surface area contributed by atoms with Crippen LogP contribution in [-0.2, 0) is 4.79 Å². The van der Waals surface area contributed by atoms with Crippen LogP contribution in [0.1, 0.15) is 19.8 Å². The zero-order valence-corrected chi connectivity index (χ0v) is 11.9. The Kier molecular flexibility index (Phi) is 6.75. The highest BCUT2D eigenvalue weighted by Crippen LogP contribution is 2.15. The third-order valence-electron chi connectivity index (χ3n) is 2.52. The fourth-order valence-corrected chi connectivity index (χ4v) is 1.75. The molecule has 1 amide bonds. The number of aliphatic hydroxyl groups is 1. The predicted molar refractivity (Wildman–Crippen MR) is 73.6 cm³/mol. The summed E-state index contributed by atoms with van der Waals surface area (Å²) in [4.78, 5) is 11.6. The average molecular weight is 316 g/mol. The summed E-state index contributed by atoms with van der Waals surface area (Å²) in [6.07, 6.45) is 1.37. The molecule has 0 heterocycles. The summed E-state index contributed by atoms with van der Waals surface area (Å²) in [6, 6.07) is 7.31. The highest BCUT2D eigenvalue weighted by Gasteiger charge is 2.10. The zero-order valence-electron chi connectivity index (χ0n) is 10.4. The maximum absolute atomic E-state index is 11.6. The first-order valence-electron chi connectivity index (χ1n) is 5.94. The number of halogens is 1. The number of ether oxygens (including phenoxy) is 1. The highest BCUT2D eigenvalue weighted by atomic mass is 79.9. The number of hydrogen-bond donors (Lipinski definition) is 2. The van der Waals surface area contributed by atoms with Gasteiger partial charge in [-0.05, 0) is 37.1 Å². The van der Waals surface area contributed by atoms with Gasteiger partial charge in [0.15, 0.2) is 6.61 Å². The Labute approximate surface area is 115 Å². The van der Waals surface area contributed by atoms with Crippen LogP contribution in [0, 0.1) is 0 Å². The van der Waals surface area contributed by atoms with Crippen molar-refractivity contribution in [3.05, 3.63) is 28.7 Å². The standard InChI is InChI=1S/C13H18BrNO3/c1-2-11(7-8-16)15-13(17)9-18-12-5-3-10(14)4-6-12/h3-6,11,16H,2,7-9H2,1H3,(H,15,17). The maximum atomic E-state index is 11.6. The van der Waals surface area contributed by atoms with Crippen LogP contribution in [0.25, 0.3) is 0 Å². The van der Waals surface area contributed by atoms with Crippen LogP contribution in [0.2, 0.25) is 0 Å². The van der Waals surface area contributed by atoms with E-state index in [1.165, 1.54) is 0 Å². The van der Waals surface area contributed by atoms with Crippen molar-refractivity contribution in [1.29, 1.82) is 0 Å². The molecule has 0 aliphatic rings. The van der Waals surface area contributed by atoms with Gasteiger partial charge in [-0.25, -0.2) is 0 Å². The summed E-state index contributed by atoms with van der Waals surface area (Å²) in [5.41, 5.74) is 0. The fourth-order valence-electron chi connectivity index (χ4n) is 1.48. The Hall–Kier alpha value is -1.07. The Balaban J connectivity index is 2.34. The fraction of sp³-hybridized carbons (Fsp3) is 0.462. The van der Waals surface area contributed by atoms with E-state index in [-0.39, 0.29) is 25.2 Å². The number of amides is 1. The highest BCUT2D eigenvalue weighted by molar-refractivity contribution is 9.10. The normalized spacial score (nSPS) is 11.9. The van der Waals surface area contributed by atoms with E-state index in [1.54, 1.807) is 12.1 Å². The van der Waals surface area contributed by atoms with Crippen LogP contribution in [0.3, 0.4) is 0 Å². The van der Waals surface area contributed by atoms with Gasteiger partial charge in [-0.3, -0.25) is 4.79 Å². The lowest BCUT2D eigenvalue weighted by molar-refractivity contribution is -0.123. The summed E-state index contributed by atoms with van der Waals surface area (Å²) >= 11 is 3.33. The Morgan fingerprint density at radius 3 is 2.67 bits per heavy atom. The van der Waals surface area contributed by atoms with Gasteiger partial charge in [0.1, 0.15) is 5.75 Å². The number of aliphatic hydroxyl groups excluding tert-OH is 1. The van der Waals surface area contributed by atoms with Gasteiger partial charge in [0.2, 0.25) is 0 Å². The van der Waals surface area contributed by atoms with Gasteiger partial charge in [0, 0.05) is 17.1 Å². The van der Waals surface area contributed by atoms with E-state index in [2.05, 4.69) is 21.2 Å². The summed E-state index contributed by atoms with van der Waals surface area (Å²) in [5.74, 6) is 0.488. The molecule has 0 aliphatic heterocycles. The second-order valence-electron chi connectivity index (χ2n) is 3.93. The molecule has 18 heavy (non-hydrogen) atoms. The Morgan fingerprint density at radius 1 is 1.44 bits per heavy atom. The molecule has 0 aromatic heterocycles. The molecule has 0 saturated heterocycles. The van der Waals surface area contributed by atoms with E-state index in [4.69, 9.17) is 9.84 Å². The van der Waals surface area contributed by atoms with Crippen LogP contribution >= 0.6 is 15.9 Å². The Morgan fingerprint density at radius 2 is 2.11 bits per heavy atom. The first-order valence-corrected chi connectivity index (χ1v) is 6.73. The molecule has 0 fully saturated rings. The van der Waals surface area contributed by atoms with Crippen LogP contribution in [-0.4, -0.2) is 30.3 Å². The Bertz CT molecular complexity index is 367. The molecule has 0 spiro atoms. The smallest absolute Gasteiger partial charge is 0.258 e. The number of carbonyl (C=O) groups excluding carboxylic acids is 1.